The number of carbonyl (C=O) groups excluding carboxylic acids is 1. The Hall–Kier alpha value is -2.01. The summed E-state index contributed by atoms with van der Waals surface area (Å²) >= 11 is 0. The number of aliphatic hydroxyl groups is 1. The average Bonchev–Trinajstić information content (AvgIpc) is 3.25. The molecule has 5 nitrogen and oxygen atoms in total. The first-order chi connectivity index (χ1) is 10.2. The normalized spacial score (nSPS) is 17.0. The molecule has 1 aliphatic carbocycles. The first-order valence-electron chi connectivity index (χ1n) is 7.33. The van der Waals surface area contributed by atoms with Crippen LogP contribution in [0.4, 0.5) is 0 Å². The van der Waals surface area contributed by atoms with Gasteiger partial charge in [0, 0.05) is 5.92 Å². The third-order valence-corrected chi connectivity index (χ3v) is 3.91. The highest BCUT2D eigenvalue weighted by Gasteiger charge is 2.23. The lowest BCUT2D eigenvalue weighted by Gasteiger charge is -2.13. The fraction of sp³-hybridized carbons (Fsp3) is 0.438. The second-order valence-electron chi connectivity index (χ2n) is 5.42. The van der Waals surface area contributed by atoms with Crippen molar-refractivity contribution in [1.82, 2.24) is 5.32 Å². The van der Waals surface area contributed by atoms with Gasteiger partial charge in [-0.15, -0.1) is 0 Å². The lowest BCUT2D eigenvalue weighted by molar-refractivity contribution is -0.125. The Morgan fingerprint density at radius 2 is 2.10 bits per heavy atom. The number of rotatable bonds is 5. The molecule has 3 rings (SSSR count). The molecule has 1 fully saturated rings. The second-order valence-corrected chi connectivity index (χ2v) is 5.42. The molecule has 2 N–H and O–H groups in total. The van der Waals surface area contributed by atoms with Gasteiger partial charge in [0.05, 0.1) is 12.8 Å². The van der Waals surface area contributed by atoms with Gasteiger partial charge in [0.1, 0.15) is 11.9 Å². The van der Waals surface area contributed by atoms with E-state index in [1.165, 1.54) is 0 Å². The van der Waals surface area contributed by atoms with Crippen LogP contribution < -0.4 is 5.32 Å². The molecule has 1 unspecified atom stereocenters. The van der Waals surface area contributed by atoms with Crippen molar-refractivity contribution in [1.29, 1.82) is 0 Å². The van der Waals surface area contributed by atoms with E-state index in [9.17, 15) is 9.90 Å². The molecule has 2 aromatic heterocycles. The largest absolute Gasteiger partial charge is 0.461 e. The van der Waals surface area contributed by atoms with Gasteiger partial charge in [-0.05, 0) is 37.1 Å². The van der Waals surface area contributed by atoms with E-state index >= 15 is 0 Å². The summed E-state index contributed by atoms with van der Waals surface area (Å²) in [6, 6.07) is 7.01. The van der Waals surface area contributed by atoms with Crippen molar-refractivity contribution in [2.75, 3.05) is 6.54 Å². The number of carbonyl (C=O) groups is 1. The van der Waals surface area contributed by atoms with Crippen molar-refractivity contribution in [2.45, 2.75) is 31.8 Å². The molecule has 2 heterocycles. The molecule has 21 heavy (non-hydrogen) atoms. The van der Waals surface area contributed by atoms with Crippen LogP contribution in [0.5, 0.6) is 0 Å². The van der Waals surface area contributed by atoms with Crippen molar-refractivity contribution in [3.63, 3.8) is 0 Å². The van der Waals surface area contributed by atoms with Gasteiger partial charge in [0.15, 0.2) is 11.5 Å². The van der Waals surface area contributed by atoms with Crippen LogP contribution in [-0.4, -0.2) is 17.6 Å². The van der Waals surface area contributed by atoms with Crippen LogP contribution >= 0.6 is 0 Å². The van der Waals surface area contributed by atoms with Gasteiger partial charge >= 0.3 is 0 Å². The van der Waals surface area contributed by atoms with Crippen LogP contribution in [0.25, 0.3) is 11.5 Å². The van der Waals surface area contributed by atoms with Crippen LogP contribution in [0, 0.1) is 5.92 Å². The molecule has 2 aromatic rings. The van der Waals surface area contributed by atoms with E-state index in [2.05, 4.69) is 5.32 Å². The molecule has 1 aliphatic rings. The highest BCUT2D eigenvalue weighted by molar-refractivity contribution is 5.78. The molecule has 0 spiro atoms. The van der Waals surface area contributed by atoms with E-state index in [0.717, 1.165) is 25.7 Å². The Labute approximate surface area is 122 Å². The summed E-state index contributed by atoms with van der Waals surface area (Å²) < 4.78 is 10.8. The van der Waals surface area contributed by atoms with E-state index in [1.54, 1.807) is 30.5 Å². The van der Waals surface area contributed by atoms with Crippen molar-refractivity contribution in [3.05, 3.63) is 36.3 Å². The molecule has 0 bridgehead atoms. The van der Waals surface area contributed by atoms with E-state index in [-0.39, 0.29) is 18.4 Å². The second kappa shape index (κ2) is 6.18. The van der Waals surface area contributed by atoms with Gasteiger partial charge in [-0.3, -0.25) is 4.79 Å². The summed E-state index contributed by atoms with van der Waals surface area (Å²) in [4.78, 5) is 11.9. The molecule has 0 aliphatic heterocycles. The predicted molar refractivity (Wildman–Crippen MR) is 76.3 cm³/mol. The number of furan rings is 2. The van der Waals surface area contributed by atoms with Gasteiger partial charge in [-0.25, -0.2) is 0 Å². The van der Waals surface area contributed by atoms with E-state index in [0.29, 0.717) is 17.3 Å². The summed E-state index contributed by atoms with van der Waals surface area (Å²) in [5, 5.41) is 12.9. The molecule has 1 saturated carbocycles. The van der Waals surface area contributed by atoms with Crippen LogP contribution in [0.15, 0.2) is 39.4 Å². The van der Waals surface area contributed by atoms with Gasteiger partial charge in [0.25, 0.3) is 0 Å². The lowest BCUT2D eigenvalue weighted by Crippen LogP contribution is -2.32. The maximum atomic E-state index is 11.9. The number of nitrogens with one attached hydrogen (secondary N) is 1. The smallest absolute Gasteiger partial charge is 0.223 e. The molecular formula is C16H19NO4. The molecule has 112 valence electrons. The minimum absolute atomic E-state index is 0.0318. The van der Waals surface area contributed by atoms with E-state index in [4.69, 9.17) is 8.83 Å². The molecule has 1 atom stereocenters. The van der Waals surface area contributed by atoms with Crippen LogP contribution in [-0.2, 0) is 4.79 Å². The monoisotopic (exact) mass is 289 g/mol. The minimum atomic E-state index is -0.848. The summed E-state index contributed by atoms with van der Waals surface area (Å²) in [6.07, 6.45) is 4.85. The van der Waals surface area contributed by atoms with Crippen molar-refractivity contribution < 1.29 is 18.7 Å². The Kier molecular flexibility index (Phi) is 4.10. The SMILES string of the molecule is O=C(NCC(O)c1ccc(-c2ccco2)o1)C1CCCC1. The maximum Gasteiger partial charge on any atom is 0.223 e. The minimum Gasteiger partial charge on any atom is -0.461 e. The number of hydrogen-bond acceptors (Lipinski definition) is 4. The molecule has 0 aromatic carbocycles. The van der Waals surface area contributed by atoms with Crippen molar-refractivity contribution in [2.24, 2.45) is 5.92 Å². The van der Waals surface area contributed by atoms with Crippen LogP contribution in [0.3, 0.4) is 0 Å². The molecule has 1 amide bonds. The van der Waals surface area contributed by atoms with Gasteiger partial charge in [-0.1, -0.05) is 12.8 Å². The zero-order valence-electron chi connectivity index (χ0n) is 11.7. The quantitative estimate of drug-likeness (QED) is 0.887. The lowest BCUT2D eigenvalue weighted by atomic mass is 10.1. The van der Waals surface area contributed by atoms with Gasteiger partial charge in [0.2, 0.25) is 5.91 Å². The molecule has 0 saturated heterocycles. The molecule has 5 heteroatoms. The summed E-state index contributed by atoms with van der Waals surface area (Å²) in [6.45, 7) is 0.167. The molecule has 0 radical (unpaired) electrons. The third-order valence-electron chi connectivity index (χ3n) is 3.91. The van der Waals surface area contributed by atoms with Gasteiger partial charge < -0.3 is 19.3 Å². The highest BCUT2D eigenvalue weighted by atomic mass is 16.4. The third kappa shape index (κ3) is 3.19. The zero-order chi connectivity index (χ0) is 14.7. The van der Waals surface area contributed by atoms with E-state index < -0.39 is 6.10 Å². The molecular weight excluding hydrogens is 270 g/mol. The number of amides is 1. The number of hydrogen-bond donors (Lipinski definition) is 2. The standard InChI is InChI=1S/C16H19NO4/c18-12(10-17-16(19)11-4-1-2-5-11)13-7-8-15(21-13)14-6-3-9-20-14/h3,6-9,11-12,18H,1-2,4-5,10H2,(H,17,19). The topological polar surface area (TPSA) is 75.6 Å². The maximum absolute atomic E-state index is 11.9. The highest BCUT2D eigenvalue weighted by Crippen LogP contribution is 2.26. The first kappa shape index (κ1) is 13.9. The van der Waals surface area contributed by atoms with E-state index in [1.807, 2.05) is 0 Å². The van der Waals surface area contributed by atoms with Crippen molar-refractivity contribution in [3.8, 4) is 11.5 Å². The van der Waals surface area contributed by atoms with Crippen LogP contribution in [0.2, 0.25) is 0 Å². The summed E-state index contributed by atoms with van der Waals surface area (Å²) in [5.74, 6) is 1.74. The predicted octanol–water partition coefficient (Wildman–Crippen LogP) is 2.88. The van der Waals surface area contributed by atoms with Crippen LogP contribution in [0.1, 0.15) is 37.5 Å². The number of aliphatic hydroxyl groups excluding tert-OH is 1. The fourth-order valence-electron chi connectivity index (χ4n) is 2.71. The van der Waals surface area contributed by atoms with Gasteiger partial charge in [-0.2, -0.15) is 0 Å². The Balaban J connectivity index is 1.55. The summed E-state index contributed by atoms with van der Waals surface area (Å²) in [5.41, 5.74) is 0. The Morgan fingerprint density at radius 3 is 2.81 bits per heavy atom. The zero-order valence-corrected chi connectivity index (χ0v) is 11.7. The fourth-order valence-corrected chi connectivity index (χ4v) is 2.71. The van der Waals surface area contributed by atoms with Crippen molar-refractivity contribution >= 4 is 5.91 Å². The Morgan fingerprint density at radius 1 is 1.29 bits per heavy atom. The average molecular weight is 289 g/mol. The summed E-state index contributed by atoms with van der Waals surface area (Å²) in [7, 11) is 0. The Bertz CT molecular complexity index is 581. The first-order valence-corrected chi connectivity index (χ1v) is 7.33.